The van der Waals surface area contributed by atoms with Crippen molar-refractivity contribution in [3.05, 3.63) is 0 Å². The fourth-order valence-corrected chi connectivity index (χ4v) is 1.36. The van der Waals surface area contributed by atoms with E-state index < -0.39 is 5.97 Å². The number of carboxylic acids is 1. The van der Waals surface area contributed by atoms with E-state index in [9.17, 15) is 9.59 Å². The maximum atomic E-state index is 11.6. The van der Waals surface area contributed by atoms with Crippen molar-refractivity contribution in [1.82, 2.24) is 5.32 Å². The number of aliphatic carboxylic acids is 1. The smallest absolute Gasteiger partial charge is 0.313 e. The lowest BCUT2D eigenvalue weighted by molar-refractivity contribution is -0.134. The third-order valence-corrected chi connectivity index (χ3v) is 3.20. The molecule has 2 N–H and O–H groups in total. The van der Waals surface area contributed by atoms with E-state index in [0.717, 1.165) is 6.42 Å². The predicted octanol–water partition coefficient (Wildman–Crippen LogP) is 1.36. The molecule has 0 aromatic rings. The molecule has 0 fully saturated rings. The summed E-state index contributed by atoms with van der Waals surface area (Å²) in [6.07, 6.45) is 0.793. The Balaban J connectivity index is 3.60. The first-order chi connectivity index (χ1) is 6.90. The van der Waals surface area contributed by atoms with Crippen LogP contribution in [0.2, 0.25) is 0 Å². The molecule has 0 heterocycles. The van der Waals surface area contributed by atoms with E-state index in [1.165, 1.54) is 11.8 Å². The second-order valence-corrected chi connectivity index (χ2v) is 5.04. The first-order valence-corrected chi connectivity index (χ1v) is 6.13. The maximum Gasteiger partial charge on any atom is 0.313 e. The van der Waals surface area contributed by atoms with Gasteiger partial charge in [0, 0.05) is 17.7 Å². The highest BCUT2D eigenvalue weighted by molar-refractivity contribution is 7.99. The Morgan fingerprint density at radius 2 is 2.00 bits per heavy atom. The molecule has 0 aliphatic carbocycles. The Labute approximate surface area is 94.8 Å². The molecule has 0 aromatic carbocycles. The molecule has 15 heavy (non-hydrogen) atoms. The zero-order chi connectivity index (χ0) is 11.9. The summed E-state index contributed by atoms with van der Waals surface area (Å²) in [5.41, 5.74) is -0.336. The molecule has 0 saturated heterocycles. The Bertz CT molecular complexity index is 229. The van der Waals surface area contributed by atoms with Crippen LogP contribution in [0.1, 0.15) is 27.2 Å². The van der Waals surface area contributed by atoms with Gasteiger partial charge >= 0.3 is 5.97 Å². The molecule has 0 atom stereocenters. The highest BCUT2D eigenvalue weighted by atomic mass is 32.2. The summed E-state index contributed by atoms with van der Waals surface area (Å²) in [5, 5.41) is 11.2. The fourth-order valence-electron chi connectivity index (χ4n) is 0.796. The molecule has 0 rings (SSSR count). The van der Waals surface area contributed by atoms with Crippen molar-refractivity contribution in [2.75, 3.05) is 18.1 Å². The summed E-state index contributed by atoms with van der Waals surface area (Å²) < 4.78 is 0. The molecular weight excluding hydrogens is 214 g/mol. The topological polar surface area (TPSA) is 66.4 Å². The molecule has 0 bridgehead atoms. The lowest BCUT2D eigenvalue weighted by atomic mass is 9.89. The van der Waals surface area contributed by atoms with Crippen molar-refractivity contribution in [2.24, 2.45) is 5.41 Å². The minimum atomic E-state index is -0.819. The van der Waals surface area contributed by atoms with Crippen LogP contribution in [0.3, 0.4) is 0 Å². The highest BCUT2D eigenvalue weighted by Crippen LogP contribution is 2.19. The SMILES string of the molecule is CCC(C)(C)C(=O)NCCSCC(=O)O. The lowest BCUT2D eigenvalue weighted by Gasteiger charge is -2.21. The van der Waals surface area contributed by atoms with Crippen LogP contribution in [-0.2, 0) is 9.59 Å². The van der Waals surface area contributed by atoms with Gasteiger partial charge in [0.2, 0.25) is 5.91 Å². The van der Waals surface area contributed by atoms with Gasteiger partial charge in [-0.05, 0) is 6.42 Å². The summed E-state index contributed by atoms with van der Waals surface area (Å²) in [6.45, 7) is 6.29. The molecular formula is C10H19NO3S. The predicted molar refractivity (Wildman–Crippen MR) is 62.0 cm³/mol. The molecule has 0 aromatic heterocycles. The second-order valence-electron chi connectivity index (χ2n) is 3.94. The van der Waals surface area contributed by atoms with Crippen molar-refractivity contribution in [1.29, 1.82) is 0 Å². The summed E-state index contributed by atoms with van der Waals surface area (Å²) in [6, 6.07) is 0. The normalized spacial score (nSPS) is 11.1. The van der Waals surface area contributed by atoms with Gasteiger partial charge in [0.25, 0.3) is 0 Å². The number of hydrogen-bond donors (Lipinski definition) is 2. The summed E-state index contributed by atoms with van der Waals surface area (Å²) >= 11 is 1.31. The number of carboxylic acid groups (broad SMARTS) is 1. The summed E-state index contributed by atoms with van der Waals surface area (Å²) in [4.78, 5) is 21.7. The van der Waals surface area contributed by atoms with Gasteiger partial charge in [-0.3, -0.25) is 9.59 Å². The molecule has 0 saturated carbocycles. The monoisotopic (exact) mass is 233 g/mol. The van der Waals surface area contributed by atoms with E-state index in [4.69, 9.17) is 5.11 Å². The van der Waals surface area contributed by atoms with Crippen LogP contribution in [0.4, 0.5) is 0 Å². The van der Waals surface area contributed by atoms with Gasteiger partial charge in [0.05, 0.1) is 5.75 Å². The minimum absolute atomic E-state index is 0.0286. The number of rotatable bonds is 7. The van der Waals surface area contributed by atoms with Crippen LogP contribution in [0.15, 0.2) is 0 Å². The number of amides is 1. The van der Waals surface area contributed by atoms with Crippen LogP contribution in [0.25, 0.3) is 0 Å². The van der Waals surface area contributed by atoms with Gasteiger partial charge < -0.3 is 10.4 Å². The Morgan fingerprint density at radius 3 is 2.47 bits per heavy atom. The summed E-state index contributed by atoms with van der Waals surface area (Å²) in [7, 11) is 0. The molecule has 0 radical (unpaired) electrons. The maximum absolute atomic E-state index is 11.6. The number of nitrogens with one attached hydrogen (secondary N) is 1. The van der Waals surface area contributed by atoms with Crippen LogP contribution in [-0.4, -0.2) is 35.0 Å². The van der Waals surface area contributed by atoms with E-state index >= 15 is 0 Å². The Morgan fingerprint density at radius 1 is 1.40 bits per heavy atom. The zero-order valence-electron chi connectivity index (χ0n) is 9.50. The number of thioether (sulfide) groups is 1. The van der Waals surface area contributed by atoms with E-state index in [0.29, 0.717) is 12.3 Å². The van der Waals surface area contributed by atoms with E-state index in [-0.39, 0.29) is 17.1 Å². The molecule has 0 unspecified atom stereocenters. The Hall–Kier alpha value is -0.710. The third kappa shape index (κ3) is 6.38. The molecule has 88 valence electrons. The molecule has 0 aliphatic rings. The first kappa shape index (κ1) is 14.3. The van der Waals surface area contributed by atoms with Crippen molar-refractivity contribution in [3.8, 4) is 0 Å². The first-order valence-electron chi connectivity index (χ1n) is 4.98. The van der Waals surface area contributed by atoms with Crippen molar-refractivity contribution in [2.45, 2.75) is 27.2 Å². The summed E-state index contributed by atoms with van der Waals surface area (Å²) in [5.74, 6) is -0.0636. The van der Waals surface area contributed by atoms with E-state index in [2.05, 4.69) is 5.32 Å². The van der Waals surface area contributed by atoms with Crippen LogP contribution in [0, 0.1) is 5.41 Å². The highest BCUT2D eigenvalue weighted by Gasteiger charge is 2.24. The van der Waals surface area contributed by atoms with Gasteiger partial charge in [0.15, 0.2) is 0 Å². The van der Waals surface area contributed by atoms with Gasteiger partial charge in [-0.25, -0.2) is 0 Å². The third-order valence-electron chi connectivity index (χ3n) is 2.26. The standard InChI is InChI=1S/C10H19NO3S/c1-4-10(2,3)9(14)11-5-6-15-7-8(12)13/h4-7H2,1-3H3,(H,11,14)(H,12,13). The van der Waals surface area contributed by atoms with Gasteiger partial charge in [-0.1, -0.05) is 20.8 Å². The lowest BCUT2D eigenvalue weighted by Crippen LogP contribution is -2.37. The van der Waals surface area contributed by atoms with Gasteiger partial charge in [-0.15, -0.1) is 11.8 Å². The van der Waals surface area contributed by atoms with Crippen molar-refractivity contribution < 1.29 is 14.7 Å². The zero-order valence-corrected chi connectivity index (χ0v) is 10.3. The molecule has 5 heteroatoms. The molecule has 4 nitrogen and oxygen atoms in total. The van der Waals surface area contributed by atoms with Crippen molar-refractivity contribution >= 4 is 23.6 Å². The van der Waals surface area contributed by atoms with E-state index in [1.807, 2.05) is 20.8 Å². The van der Waals surface area contributed by atoms with Crippen LogP contribution >= 0.6 is 11.8 Å². The van der Waals surface area contributed by atoms with E-state index in [1.54, 1.807) is 0 Å². The largest absolute Gasteiger partial charge is 0.481 e. The van der Waals surface area contributed by atoms with Gasteiger partial charge in [0.1, 0.15) is 0 Å². The molecule has 0 spiro atoms. The number of hydrogen-bond acceptors (Lipinski definition) is 3. The quantitative estimate of drug-likeness (QED) is 0.652. The van der Waals surface area contributed by atoms with Crippen LogP contribution < -0.4 is 5.32 Å². The average Bonchev–Trinajstić information content (AvgIpc) is 2.16. The number of carbonyl (C=O) groups is 2. The number of carbonyl (C=O) groups excluding carboxylic acids is 1. The molecule has 0 aliphatic heterocycles. The van der Waals surface area contributed by atoms with Crippen LogP contribution in [0.5, 0.6) is 0 Å². The molecule has 1 amide bonds. The fraction of sp³-hybridized carbons (Fsp3) is 0.800. The second kappa shape index (κ2) is 6.71. The van der Waals surface area contributed by atoms with Gasteiger partial charge in [-0.2, -0.15) is 0 Å². The Kier molecular flexibility index (Phi) is 6.40. The minimum Gasteiger partial charge on any atom is -0.481 e. The van der Waals surface area contributed by atoms with Crippen molar-refractivity contribution in [3.63, 3.8) is 0 Å². The average molecular weight is 233 g/mol.